The highest BCUT2D eigenvalue weighted by atomic mass is 16.5. The van der Waals surface area contributed by atoms with Crippen LogP contribution in [0.2, 0.25) is 0 Å². The summed E-state index contributed by atoms with van der Waals surface area (Å²) in [5.74, 6) is -1.04. The molecule has 1 atom stereocenters. The minimum atomic E-state index is -1.23. The van der Waals surface area contributed by atoms with Gasteiger partial charge in [-0.05, 0) is 26.7 Å². The smallest absolute Gasteiger partial charge is 0.441 e. The molecule has 0 saturated heterocycles. The summed E-state index contributed by atoms with van der Waals surface area (Å²) in [7, 11) is 0. The van der Waals surface area contributed by atoms with Crippen LogP contribution in [0.4, 0.5) is 0 Å². The maximum atomic E-state index is 11.2. The Labute approximate surface area is 104 Å². The summed E-state index contributed by atoms with van der Waals surface area (Å²) in [6.07, 6.45) is 4.39. The number of hydrogen-bond acceptors (Lipinski definition) is 5. The maximum Gasteiger partial charge on any atom is 0.441 e. The van der Waals surface area contributed by atoms with E-state index < -0.39 is 17.3 Å². The number of nitrogens with two attached hydrogens (primary N) is 1. The molecule has 0 saturated carbocycles. The van der Waals surface area contributed by atoms with Gasteiger partial charge in [0.05, 0.1) is 0 Å². The number of allylic oxidation sites excluding steroid dienone is 2. The van der Waals surface area contributed by atoms with E-state index in [1.54, 1.807) is 19.1 Å². The number of aliphatic carboxylic acids is 1. The predicted octanol–water partition coefficient (Wildman–Crippen LogP) is 0.283. The average molecular weight is 255 g/mol. The molecule has 18 heavy (non-hydrogen) atoms. The van der Waals surface area contributed by atoms with Crippen molar-refractivity contribution in [1.29, 1.82) is 0 Å². The lowest BCUT2D eigenvalue weighted by molar-refractivity contribution is -0.142. The van der Waals surface area contributed by atoms with E-state index in [1.807, 2.05) is 0 Å². The molecule has 0 bridgehead atoms. The first kappa shape index (κ1) is 14.2. The van der Waals surface area contributed by atoms with Crippen molar-refractivity contribution in [2.24, 2.45) is 5.73 Å². The van der Waals surface area contributed by atoms with Crippen molar-refractivity contribution in [2.75, 3.05) is 0 Å². The van der Waals surface area contributed by atoms with E-state index in [0.29, 0.717) is 25.2 Å². The zero-order chi connectivity index (χ0) is 13.8. The van der Waals surface area contributed by atoms with Crippen LogP contribution < -0.4 is 11.5 Å². The quantitative estimate of drug-likeness (QED) is 0.706. The summed E-state index contributed by atoms with van der Waals surface area (Å²) in [6.45, 7) is 3.49. The fourth-order valence-electron chi connectivity index (χ4n) is 1.33. The minimum absolute atomic E-state index is 0.330. The van der Waals surface area contributed by atoms with Gasteiger partial charge >= 0.3 is 11.7 Å². The van der Waals surface area contributed by atoms with Crippen molar-refractivity contribution in [3.8, 4) is 0 Å². The first-order chi connectivity index (χ1) is 8.34. The third-order valence-corrected chi connectivity index (χ3v) is 2.64. The molecule has 3 N–H and O–H groups in total. The Kier molecular flexibility index (Phi) is 4.43. The molecular formula is C11H17N3O4. The highest BCUT2D eigenvalue weighted by molar-refractivity contribution is 5.77. The number of carboxylic acids is 1. The molecule has 0 unspecified atom stereocenters. The summed E-state index contributed by atoms with van der Waals surface area (Å²) in [6, 6.07) is 0. The molecule has 100 valence electrons. The summed E-state index contributed by atoms with van der Waals surface area (Å²) < 4.78 is 5.83. The van der Waals surface area contributed by atoms with Crippen LogP contribution >= 0.6 is 0 Å². The second-order valence-electron chi connectivity index (χ2n) is 4.34. The second kappa shape index (κ2) is 5.63. The van der Waals surface area contributed by atoms with Gasteiger partial charge in [-0.3, -0.25) is 13.9 Å². The molecule has 0 aliphatic heterocycles. The molecule has 1 heterocycles. The van der Waals surface area contributed by atoms with Crippen molar-refractivity contribution in [3.05, 3.63) is 28.5 Å². The summed E-state index contributed by atoms with van der Waals surface area (Å²) >= 11 is 0. The zero-order valence-corrected chi connectivity index (χ0v) is 10.4. The molecule has 0 aliphatic rings. The largest absolute Gasteiger partial charge is 0.480 e. The number of rotatable bonds is 6. The van der Waals surface area contributed by atoms with E-state index in [9.17, 15) is 9.59 Å². The van der Waals surface area contributed by atoms with Crippen LogP contribution in [0.5, 0.6) is 0 Å². The standard InChI is InChI=1S/C11H17N3O4/c1-8-13-18-10(17)14(8)7-5-3-4-6-11(2,12)9(15)16/h3,5H,4,6-7,12H2,1-2H3,(H,15,16)/b5-3-/t11-/m0/s1. The van der Waals surface area contributed by atoms with E-state index in [2.05, 4.69) is 9.68 Å². The van der Waals surface area contributed by atoms with E-state index >= 15 is 0 Å². The molecule has 0 amide bonds. The Bertz CT molecular complexity index is 499. The van der Waals surface area contributed by atoms with Crippen LogP contribution in [-0.4, -0.2) is 26.3 Å². The average Bonchev–Trinajstić information content (AvgIpc) is 2.59. The van der Waals surface area contributed by atoms with Gasteiger partial charge in [-0.25, -0.2) is 4.79 Å². The van der Waals surface area contributed by atoms with Crippen molar-refractivity contribution < 1.29 is 14.4 Å². The normalized spacial score (nSPS) is 14.8. The summed E-state index contributed by atoms with van der Waals surface area (Å²) in [4.78, 5) is 21.9. The second-order valence-corrected chi connectivity index (χ2v) is 4.34. The Morgan fingerprint density at radius 1 is 1.61 bits per heavy atom. The fourth-order valence-corrected chi connectivity index (χ4v) is 1.33. The summed E-state index contributed by atoms with van der Waals surface area (Å²) in [5, 5.41) is 12.3. The third-order valence-electron chi connectivity index (χ3n) is 2.64. The van der Waals surface area contributed by atoms with Gasteiger partial charge in [0.25, 0.3) is 0 Å². The Morgan fingerprint density at radius 2 is 2.28 bits per heavy atom. The number of aryl methyl sites for hydroxylation is 1. The third kappa shape index (κ3) is 3.56. The number of carbonyl (C=O) groups is 1. The number of carboxylic acid groups (broad SMARTS) is 1. The highest BCUT2D eigenvalue weighted by Gasteiger charge is 2.26. The lowest BCUT2D eigenvalue weighted by Gasteiger charge is -2.17. The molecule has 7 heteroatoms. The first-order valence-electron chi connectivity index (χ1n) is 5.55. The summed E-state index contributed by atoms with van der Waals surface area (Å²) in [5.41, 5.74) is 4.34. The number of aromatic nitrogens is 2. The predicted molar refractivity (Wildman–Crippen MR) is 64.1 cm³/mol. The molecule has 7 nitrogen and oxygen atoms in total. The van der Waals surface area contributed by atoms with Gasteiger partial charge in [0, 0.05) is 6.54 Å². The van der Waals surface area contributed by atoms with Gasteiger partial charge in [0.15, 0.2) is 5.82 Å². The van der Waals surface area contributed by atoms with Crippen LogP contribution in [-0.2, 0) is 11.3 Å². The topological polar surface area (TPSA) is 111 Å². The number of nitrogens with zero attached hydrogens (tertiary/aromatic N) is 2. The maximum absolute atomic E-state index is 11.2. The molecule has 0 spiro atoms. The monoisotopic (exact) mass is 255 g/mol. The highest BCUT2D eigenvalue weighted by Crippen LogP contribution is 2.09. The van der Waals surface area contributed by atoms with Crippen LogP contribution in [0.15, 0.2) is 21.5 Å². The lowest BCUT2D eigenvalue weighted by Crippen LogP contribution is -2.44. The van der Waals surface area contributed by atoms with E-state index in [0.717, 1.165) is 0 Å². The minimum Gasteiger partial charge on any atom is -0.480 e. The van der Waals surface area contributed by atoms with Gasteiger partial charge in [0.2, 0.25) is 0 Å². The van der Waals surface area contributed by atoms with Gasteiger partial charge < -0.3 is 10.8 Å². The Balaban J connectivity index is 2.44. The fraction of sp³-hybridized carbons (Fsp3) is 0.545. The molecule has 0 aromatic carbocycles. The van der Waals surface area contributed by atoms with Crippen LogP contribution in [0.3, 0.4) is 0 Å². The zero-order valence-electron chi connectivity index (χ0n) is 10.4. The molecule has 1 aromatic heterocycles. The molecular weight excluding hydrogens is 238 g/mol. The van der Waals surface area contributed by atoms with Crippen molar-refractivity contribution >= 4 is 5.97 Å². The molecule has 0 radical (unpaired) electrons. The SMILES string of the molecule is Cc1noc(=O)n1C/C=C\CC[C@](C)(N)C(=O)O. The first-order valence-corrected chi connectivity index (χ1v) is 5.55. The lowest BCUT2D eigenvalue weighted by atomic mass is 9.97. The van der Waals surface area contributed by atoms with E-state index in [4.69, 9.17) is 10.8 Å². The van der Waals surface area contributed by atoms with Crippen LogP contribution in [0, 0.1) is 6.92 Å². The van der Waals surface area contributed by atoms with Crippen molar-refractivity contribution in [3.63, 3.8) is 0 Å². The van der Waals surface area contributed by atoms with E-state index in [1.165, 1.54) is 11.5 Å². The van der Waals surface area contributed by atoms with Gasteiger partial charge in [-0.1, -0.05) is 17.3 Å². The Morgan fingerprint density at radius 3 is 2.78 bits per heavy atom. The molecule has 1 aromatic rings. The van der Waals surface area contributed by atoms with Crippen molar-refractivity contribution in [1.82, 2.24) is 9.72 Å². The van der Waals surface area contributed by atoms with Gasteiger partial charge in [-0.2, -0.15) is 0 Å². The number of hydrogen-bond donors (Lipinski definition) is 2. The van der Waals surface area contributed by atoms with Crippen LogP contribution in [0.25, 0.3) is 0 Å². The van der Waals surface area contributed by atoms with Crippen LogP contribution in [0.1, 0.15) is 25.6 Å². The van der Waals surface area contributed by atoms with Gasteiger partial charge in [-0.15, -0.1) is 0 Å². The van der Waals surface area contributed by atoms with E-state index in [-0.39, 0.29) is 0 Å². The molecule has 0 fully saturated rings. The molecule has 0 aliphatic carbocycles. The Hall–Kier alpha value is -1.89. The van der Waals surface area contributed by atoms with Gasteiger partial charge in [0.1, 0.15) is 5.54 Å². The molecule has 1 rings (SSSR count). The van der Waals surface area contributed by atoms with Crippen molar-refractivity contribution in [2.45, 2.75) is 38.8 Å².